The van der Waals surface area contributed by atoms with Gasteiger partial charge in [-0.15, -0.1) is 0 Å². The van der Waals surface area contributed by atoms with Crippen molar-refractivity contribution >= 4 is 5.78 Å². The van der Waals surface area contributed by atoms with E-state index in [0.717, 1.165) is 18.3 Å². The molecular weight excluding hydrogens is 172 g/mol. The maximum absolute atomic E-state index is 11.6. The first-order chi connectivity index (χ1) is 6.50. The minimum Gasteiger partial charge on any atom is -0.299 e. The van der Waals surface area contributed by atoms with Gasteiger partial charge in [0.2, 0.25) is 0 Å². The Hall–Kier alpha value is -0.330. The highest BCUT2D eigenvalue weighted by Gasteiger charge is 2.26. The lowest BCUT2D eigenvalue weighted by Crippen LogP contribution is -2.23. The third kappa shape index (κ3) is 3.11. The summed E-state index contributed by atoms with van der Waals surface area (Å²) in [6.45, 7) is 8.69. The van der Waals surface area contributed by atoms with Crippen LogP contribution in [0.3, 0.4) is 0 Å². The highest BCUT2D eigenvalue weighted by atomic mass is 16.1. The molecule has 0 radical (unpaired) electrons. The summed E-state index contributed by atoms with van der Waals surface area (Å²) >= 11 is 0. The summed E-state index contributed by atoms with van der Waals surface area (Å²) in [5.74, 6) is 3.03. The fraction of sp³-hybridized carbons (Fsp3) is 0.923. The molecule has 0 aromatic rings. The molecule has 1 aliphatic carbocycles. The van der Waals surface area contributed by atoms with Gasteiger partial charge in [-0.2, -0.15) is 0 Å². The quantitative estimate of drug-likeness (QED) is 0.673. The van der Waals surface area contributed by atoms with Gasteiger partial charge in [-0.3, -0.25) is 4.79 Å². The summed E-state index contributed by atoms with van der Waals surface area (Å²) in [5.41, 5.74) is 0. The van der Waals surface area contributed by atoms with Crippen molar-refractivity contribution in [1.29, 1.82) is 0 Å². The summed E-state index contributed by atoms with van der Waals surface area (Å²) < 4.78 is 0. The summed E-state index contributed by atoms with van der Waals surface area (Å²) in [4.78, 5) is 11.6. The average Bonchev–Trinajstić information content (AvgIpc) is 2.11. The minimum atomic E-state index is 0.227. The van der Waals surface area contributed by atoms with Crippen LogP contribution in [0.5, 0.6) is 0 Å². The van der Waals surface area contributed by atoms with Crippen LogP contribution < -0.4 is 0 Å². The van der Waals surface area contributed by atoms with Crippen LogP contribution in [0.1, 0.15) is 53.4 Å². The highest BCUT2D eigenvalue weighted by Crippen LogP contribution is 2.35. The Morgan fingerprint density at radius 1 is 1.21 bits per heavy atom. The molecule has 3 unspecified atom stereocenters. The maximum atomic E-state index is 11.6. The largest absolute Gasteiger partial charge is 0.299 e. The molecule has 0 amide bonds. The molecule has 3 atom stereocenters. The normalized spacial score (nSPS) is 33.4. The fourth-order valence-corrected chi connectivity index (χ4v) is 2.36. The van der Waals surface area contributed by atoms with Crippen molar-refractivity contribution < 1.29 is 4.79 Å². The van der Waals surface area contributed by atoms with Gasteiger partial charge in [0.25, 0.3) is 0 Å². The van der Waals surface area contributed by atoms with E-state index in [1.54, 1.807) is 0 Å². The molecule has 1 saturated carbocycles. The molecular formula is C13H24O. The molecule has 1 nitrogen and oxygen atoms in total. The molecule has 0 heterocycles. The number of rotatable bonds is 3. The van der Waals surface area contributed by atoms with E-state index in [1.165, 1.54) is 19.3 Å². The Balaban J connectivity index is 2.37. The molecule has 0 spiro atoms. The predicted octanol–water partition coefficient (Wildman–Crippen LogP) is 3.67. The summed E-state index contributed by atoms with van der Waals surface area (Å²) in [7, 11) is 0. The Kier molecular flexibility index (Phi) is 4.15. The monoisotopic (exact) mass is 196 g/mol. The van der Waals surface area contributed by atoms with Crippen molar-refractivity contribution in [3.8, 4) is 0 Å². The van der Waals surface area contributed by atoms with Crippen LogP contribution in [0.15, 0.2) is 0 Å². The van der Waals surface area contributed by atoms with Crippen molar-refractivity contribution in [1.82, 2.24) is 0 Å². The topological polar surface area (TPSA) is 17.1 Å². The second-order valence-electron chi connectivity index (χ2n) is 5.46. The van der Waals surface area contributed by atoms with E-state index < -0.39 is 0 Å². The van der Waals surface area contributed by atoms with Crippen LogP contribution >= 0.6 is 0 Å². The molecule has 82 valence electrons. The van der Waals surface area contributed by atoms with Gasteiger partial charge in [-0.05, 0) is 30.6 Å². The molecule has 1 fully saturated rings. The number of hydrogen-bond donors (Lipinski definition) is 0. The zero-order valence-corrected chi connectivity index (χ0v) is 10.0. The Morgan fingerprint density at radius 3 is 2.36 bits per heavy atom. The van der Waals surface area contributed by atoms with Crippen molar-refractivity contribution in [3.63, 3.8) is 0 Å². The van der Waals surface area contributed by atoms with Gasteiger partial charge in [0.05, 0.1) is 0 Å². The Labute approximate surface area is 88.3 Å². The molecule has 14 heavy (non-hydrogen) atoms. The van der Waals surface area contributed by atoms with Crippen LogP contribution in [0.2, 0.25) is 0 Å². The number of carbonyl (C=O) groups is 1. The predicted molar refractivity (Wildman–Crippen MR) is 60.1 cm³/mol. The van der Waals surface area contributed by atoms with Crippen LogP contribution in [-0.2, 0) is 4.79 Å². The van der Waals surface area contributed by atoms with Gasteiger partial charge < -0.3 is 0 Å². The SMILES string of the molecule is CC(C)C(=O)CC1CCC(C)C(C)C1. The lowest BCUT2D eigenvalue weighted by molar-refractivity contribution is -0.123. The van der Waals surface area contributed by atoms with E-state index in [-0.39, 0.29) is 5.92 Å². The van der Waals surface area contributed by atoms with Crippen molar-refractivity contribution in [2.24, 2.45) is 23.7 Å². The number of Topliss-reactive ketones (excluding diaryl/α,β-unsaturated/α-hetero) is 1. The Bertz CT molecular complexity index is 195. The molecule has 0 aromatic heterocycles. The molecule has 0 saturated heterocycles. The number of ketones is 1. The van der Waals surface area contributed by atoms with Gasteiger partial charge in [-0.25, -0.2) is 0 Å². The van der Waals surface area contributed by atoms with E-state index in [4.69, 9.17) is 0 Å². The molecule has 1 rings (SSSR count). The van der Waals surface area contributed by atoms with E-state index in [2.05, 4.69) is 13.8 Å². The van der Waals surface area contributed by atoms with E-state index in [9.17, 15) is 4.79 Å². The number of hydrogen-bond acceptors (Lipinski definition) is 1. The highest BCUT2D eigenvalue weighted by molar-refractivity contribution is 5.80. The van der Waals surface area contributed by atoms with Gasteiger partial charge >= 0.3 is 0 Å². The lowest BCUT2D eigenvalue weighted by Gasteiger charge is -2.32. The zero-order chi connectivity index (χ0) is 10.7. The third-order valence-electron chi connectivity index (χ3n) is 3.84. The second-order valence-corrected chi connectivity index (χ2v) is 5.46. The number of carbonyl (C=O) groups excluding carboxylic acids is 1. The van der Waals surface area contributed by atoms with Crippen molar-refractivity contribution in [2.45, 2.75) is 53.4 Å². The standard InChI is InChI=1S/C13H24O/c1-9(2)13(14)8-12-6-5-10(3)11(4)7-12/h9-12H,5-8H2,1-4H3. The minimum absolute atomic E-state index is 0.227. The first-order valence-corrected chi connectivity index (χ1v) is 6.03. The van der Waals surface area contributed by atoms with E-state index >= 15 is 0 Å². The summed E-state index contributed by atoms with van der Waals surface area (Å²) in [6.07, 6.45) is 4.68. The van der Waals surface area contributed by atoms with Crippen LogP contribution in [-0.4, -0.2) is 5.78 Å². The van der Waals surface area contributed by atoms with Crippen molar-refractivity contribution in [3.05, 3.63) is 0 Å². The smallest absolute Gasteiger partial charge is 0.135 e. The molecule has 0 aromatic carbocycles. The second kappa shape index (κ2) is 4.95. The van der Waals surface area contributed by atoms with Crippen LogP contribution in [0, 0.1) is 23.7 Å². The van der Waals surface area contributed by atoms with Gasteiger partial charge in [0.1, 0.15) is 5.78 Å². The Morgan fingerprint density at radius 2 is 1.86 bits per heavy atom. The van der Waals surface area contributed by atoms with Crippen molar-refractivity contribution in [2.75, 3.05) is 0 Å². The molecule has 0 aliphatic heterocycles. The zero-order valence-electron chi connectivity index (χ0n) is 10.0. The van der Waals surface area contributed by atoms with Crippen LogP contribution in [0.25, 0.3) is 0 Å². The van der Waals surface area contributed by atoms with E-state index in [0.29, 0.717) is 11.7 Å². The summed E-state index contributed by atoms with van der Waals surface area (Å²) in [5, 5.41) is 0. The summed E-state index contributed by atoms with van der Waals surface area (Å²) in [6, 6.07) is 0. The van der Waals surface area contributed by atoms with Gasteiger partial charge in [0.15, 0.2) is 0 Å². The van der Waals surface area contributed by atoms with Gasteiger partial charge in [0, 0.05) is 12.3 Å². The lowest BCUT2D eigenvalue weighted by atomic mass is 9.74. The first-order valence-electron chi connectivity index (χ1n) is 6.03. The molecule has 0 bridgehead atoms. The van der Waals surface area contributed by atoms with E-state index in [1.807, 2.05) is 13.8 Å². The molecule has 1 heteroatoms. The first kappa shape index (κ1) is 11.7. The molecule has 0 N–H and O–H groups in total. The van der Waals surface area contributed by atoms with Gasteiger partial charge in [-0.1, -0.05) is 34.1 Å². The average molecular weight is 196 g/mol. The maximum Gasteiger partial charge on any atom is 0.135 e. The third-order valence-corrected chi connectivity index (χ3v) is 3.84. The molecule has 1 aliphatic rings. The van der Waals surface area contributed by atoms with Crippen LogP contribution in [0.4, 0.5) is 0 Å². The fourth-order valence-electron chi connectivity index (χ4n) is 2.36.